The molecule has 0 aromatic heterocycles. The van der Waals surface area contributed by atoms with Crippen molar-refractivity contribution in [3.8, 4) is 0 Å². The molecule has 0 bridgehead atoms. The van der Waals surface area contributed by atoms with Gasteiger partial charge in [0.1, 0.15) is 6.54 Å². The van der Waals surface area contributed by atoms with Crippen LogP contribution in [0, 0.1) is 0 Å². The van der Waals surface area contributed by atoms with E-state index in [-0.39, 0.29) is 24.6 Å². The van der Waals surface area contributed by atoms with Gasteiger partial charge in [0.25, 0.3) is 0 Å². The standard InChI is InChI=1S/C20H36N2O3/c1-3-4-5-6-10-13-16-25-20(24)22(17-19(23)21-2)18-14-11-8-7-9-12-15-18/h3,18H,1,4-17H2,2H3,(H,21,23). The fourth-order valence-corrected chi connectivity index (χ4v) is 3.31. The highest BCUT2D eigenvalue weighted by Gasteiger charge is 2.27. The summed E-state index contributed by atoms with van der Waals surface area (Å²) < 4.78 is 5.47. The van der Waals surface area contributed by atoms with Crippen molar-refractivity contribution in [2.45, 2.75) is 83.1 Å². The average molecular weight is 353 g/mol. The molecule has 25 heavy (non-hydrogen) atoms. The maximum absolute atomic E-state index is 12.5. The van der Waals surface area contributed by atoms with Crippen LogP contribution < -0.4 is 5.32 Å². The predicted molar refractivity (Wildman–Crippen MR) is 102 cm³/mol. The van der Waals surface area contributed by atoms with Gasteiger partial charge in [-0.1, -0.05) is 51.0 Å². The predicted octanol–water partition coefficient (Wildman–Crippen LogP) is 4.42. The van der Waals surface area contributed by atoms with Crippen LogP contribution in [0.5, 0.6) is 0 Å². The second-order valence-electron chi connectivity index (χ2n) is 6.91. The number of rotatable bonds is 10. The van der Waals surface area contributed by atoms with Gasteiger partial charge in [0.15, 0.2) is 0 Å². The SMILES string of the molecule is C=CCCCCCCOC(=O)N(CC(=O)NC)C1CCCCCCC1. The molecule has 0 aromatic carbocycles. The molecule has 2 amide bonds. The molecule has 0 spiro atoms. The lowest BCUT2D eigenvalue weighted by molar-refractivity contribution is -0.122. The molecule has 1 aliphatic carbocycles. The minimum atomic E-state index is -0.333. The van der Waals surface area contributed by atoms with Crippen molar-refractivity contribution in [2.24, 2.45) is 0 Å². The number of nitrogens with one attached hydrogen (secondary N) is 1. The Morgan fingerprint density at radius 2 is 1.72 bits per heavy atom. The van der Waals surface area contributed by atoms with E-state index >= 15 is 0 Å². The molecule has 1 aliphatic rings. The summed E-state index contributed by atoms with van der Waals surface area (Å²) in [5.41, 5.74) is 0. The van der Waals surface area contributed by atoms with E-state index in [4.69, 9.17) is 4.74 Å². The van der Waals surface area contributed by atoms with Gasteiger partial charge >= 0.3 is 6.09 Å². The summed E-state index contributed by atoms with van der Waals surface area (Å²) in [6.07, 6.45) is 14.7. The molecule has 1 N–H and O–H groups in total. The molecule has 144 valence electrons. The molecule has 0 aromatic rings. The molecule has 1 rings (SSSR count). The normalized spacial score (nSPS) is 15.7. The van der Waals surface area contributed by atoms with Crippen molar-refractivity contribution >= 4 is 12.0 Å². The molecule has 5 nitrogen and oxygen atoms in total. The van der Waals surface area contributed by atoms with Gasteiger partial charge in [-0.05, 0) is 32.1 Å². The summed E-state index contributed by atoms with van der Waals surface area (Å²) in [4.78, 5) is 26.0. The second-order valence-corrected chi connectivity index (χ2v) is 6.91. The number of allylic oxidation sites excluding steroid dienone is 1. The summed E-state index contributed by atoms with van der Waals surface area (Å²) >= 11 is 0. The monoisotopic (exact) mass is 352 g/mol. The number of carbonyl (C=O) groups excluding carboxylic acids is 2. The highest BCUT2D eigenvalue weighted by atomic mass is 16.6. The van der Waals surface area contributed by atoms with Crippen molar-refractivity contribution in [1.29, 1.82) is 0 Å². The van der Waals surface area contributed by atoms with E-state index in [0.717, 1.165) is 57.8 Å². The van der Waals surface area contributed by atoms with Gasteiger partial charge in [-0.15, -0.1) is 6.58 Å². The molecule has 0 radical (unpaired) electrons. The summed E-state index contributed by atoms with van der Waals surface area (Å²) in [5, 5.41) is 2.62. The highest BCUT2D eigenvalue weighted by molar-refractivity contribution is 5.82. The van der Waals surface area contributed by atoms with Crippen molar-refractivity contribution < 1.29 is 14.3 Å². The zero-order valence-corrected chi connectivity index (χ0v) is 15.9. The number of unbranched alkanes of at least 4 members (excludes halogenated alkanes) is 4. The topological polar surface area (TPSA) is 58.6 Å². The Labute approximate surface area is 153 Å². The Kier molecular flexibility index (Phi) is 11.8. The molecule has 0 atom stereocenters. The highest BCUT2D eigenvalue weighted by Crippen LogP contribution is 2.22. The summed E-state index contributed by atoms with van der Waals surface area (Å²) in [7, 11) is 1.60. The molecule has 1 saturated carbocycles. The Morgan fingerprint density at radius 3 is 2.36 bits per heavy atom. The quantitative estimate of drug-likeness (QED) is 0.468. The van der Waals surface area contributed by atoms with E-state index in [1.807, 2.05) is 6.08 Å². The van der Waals surface area contributed by atoms with Crippen LogP contribution in [0.2, 0.25) is 0 Å². The first-order valence-corrected chi connectivity index (χ1v) is 9.94. The van der Waals surface area contributed by atoms with Crippen LogP contribution in [0.4, 0.5) is 4.79 Å². The third-order valence-electron chi connectivity index (χ3n) is 4.87. The zero-order valence-electron chi connectivity index (χ0n) is 15.9. The van der Waals surface area contributed by atoms with E-state index in [9.17, 15) is 9.59 Å². The van der Waals surface area contributed by atoms with Crippen LogP contribution in [-0.4, -0.2) is 43.1 Å². The van der Waals surface area contributed by atoms with Gasteiger partial charge < -0.3 is 10.1 Å². The lowest BCUT2D eigenvalue weighted by Gasteiger charge is -2.31. The summed E-state index contributed by atoms with van der Waals surface area (Å²) in [6, 6.07) is 0.123. The van der Waals surface area contributed by atoms with Gasteiger partial charge in [0.05, 0.1) is 6.61 Å². The number of hydrogen-bond donors (Lipinski definition) is 1. The smallest absolute Gasteiger partial charge is 0.410 e. The number of ether oxygens (including phenoxy) is 1. The van der Waals surface area contributed by atoms with Gasteiger partial charge in [-0.25, -0.2) is 4.79 Å². The maximum atomic E-state index is 12.5. The summed E-state index contributed by atoms with van der Waals surface area (Å²) in [6.45, 7) is 4.25. The van der Waals surface area contributed by atoms with E-state index in [2.05, 4.69) is 11.9 Å². The number of carbonyl (C=O) groups is 2. The molecule has 0 unspecified atom stereocenters. The van der Waals surface area contributed by atoms with Crippen molar-refractivity contribution in [1.82, 2.24) is 10.2 Å². The van der Waals surface area contributed by atoms with Gasteiger partial charge in [0.2, 0.25) is 5.91 Å². The number of hydrogen-bond acceptors (Lipinski definition) is 3. The average Bonchev–Trinajstić information content (AvgIpc) is 2.58. The first-order valence-electron chi connectivity index (χ1n) is 9.94. The molecular formula is C20H36N2O3. The van der Waals surface area contributed by atoms with Gasteiger partial charge in [0, 0.05) is 13.1 Å². The van der Waals surface area contributed by atoms with Crippen molar-refractivity contribution in [3.63, 3.8) is 0 Å². The molecule has 0 heterocycles. The Hall–Kier alpha value is -1.52. The molecule has 1 fully saturated rings. The van der Waals surface area contributed by atoms with E-state index in [1.165, 1.54) is 19.3 Å². The van der Waals surface area contributed by atoms with Crippen molar-refractivity contribution in [2.75, 3.05) is 20.2 Å². The van der Waals surface area contributed by atoms with Crippen LogP contribution in [-0.2, 0) is 9.53 Å². The maximum Gasteiger partial charge on any atom is 0.410 e. The fraction of sp³-hybridized carbons (Fsp3) is 0.800. The van der Waals surface area contributed by atoms with Crippen molar-refractivity contribution in [3.05, 3.63) is 12.7 Å². The zero-order chi connectivity index (χ0) is 18.3. The first kappa shape index (κ1) is 21.5. The summed E-state index contributed by atoms with van der Waals surface area (Å²) in [5.74, 6) is -0.136. The second kappa shape index (κ2) is 13.7. The van der Waals surface area contributed by atoms with Crippen LogP contribution in [0.25, 0.3) is 0 Å². The Balaban J connectivity index is 2.45. The molecule has 5 heteroatoms. The van der Waals surface area contributed by atoms with Crippen LogP contribution in [0.3, 0.4) is 0 Å². The first-order chi connectivity index (χ1) is 12.2. The largest absolute Gasteiger partial charge is 0.449 e. The van der Waals surface area contributed by atoms with E-state index in [1.54, 1.807) is 11.9 Å². The van der Waals surface area contributed by atoms with E-state index < -0.39 is 0 Å². The van der Waals surface area contributed by atoms with Gasteiger partial charge in [-0.3, -0.25) is 9.69 Å². The minimum Gasteiger partial charge on any atom is -0.449 e. The van der Waals surface area contributed by atoms with E-state index in [0.29, 0.717) is 6.61 Å². The Morgan fingerprint density at radius 1 is 1.08 bits per heavy atom. The van der Waals surface area contributed by atoms with Crippen LogP contribution in [0.1, 0.15) is 77.0 Å². The minimum absolute atomic E-state index is 0.0966. The molecular weight excluding hydrogens is 316 g/mol. The lowest BCUT2D eigenvalue weighted by atomic mass is 9.96. The molecule has 0 saturated heterocycles. The fourth-order valence-electron chi connectivity index (χ4n) is 3.31. The number of amides is 2. The third-order valence-corrected chi connectivity index (χ3v) is 4.87. The lowest BCUT2D eigenvalue weighted by Crippen LogP contribution is -2.46. The third kappa shape index (κ3) is 9.51. The number of nitrogens with zero attached hydrogens (tertiary/aromatic N) is 1. The Bertz CT molecular complexity index is 390. The van der Waals surface area contributed by atoms with Crippen LogP contribution >= 0.6 is 0 Å². The molecule has 0 aliphatic heterocycles. The number of likely N-dealkylation sites (N-methyl/N-ethyl adjacent to an activating group) is 1. The van der Waals surface area contributed by atoms with Crippen LogP contribution in [0.15, 0.2) is 12.7 Å². The van der Waals surface area contributed by atoms with Gasteiger partial charge in [-0.2, -0.15) is 0 Å².